The van der Waals surface area contributed by atoms with Gasteiger partial charge in [-0.15, -0.1) is 0 Å². The lowest BCUT2D eigenvalue weighted by Gasteiger charge is -2.14. The van der Waals surface area contributed by atoms with Crippen molar-refractivity contribution in [1.82, 2.24) is 9.97 Å². The predicted octanol–water partition coefficient (Wildman–Crippen LogP) is 2.57. The topological polar surface area (TPSA) is 87.6 Å². The van der Waals surface area contributed by atoms with Gasteiger partial charge in [-0.25, -0.2) is 4.98 Å². The number of aliphatic hydroxyl groups is 2. The fourth-order valence-corrected chi connectivity index (χ4v) is 5.03. The summed E-state index contributed by atoms with van der Waals surface area (Å²) in [5.41, 5.74) is 6.32. The van der Waals surface area contributed by atoms with Gasteiger partial charge in [0.1, 0.15) is 12.2 Å². The number of ether oxygens (including phenoxy) is 2. The Bertz CT molecular complexity index is 1070. The molecule has 2 saturated heterocycles. The Morgan fingerprint density at radius 3 is 2.60 bits per heavy atom. The van der Waals surface area contributed by atoms with Gasteiger partial charge in [0.2, 0.25) is 0 Å². The third-order valence-corrected chi connectivity index (χ3v) is 7.09. The summed E-state index contributed by atoms with van der Waals surface area (Å²) < 4.78 is 11.5. The molecule has 0 unspecified atom stereocenters. The zero-order valence-corrected chi connectivity index (χ0v) is 16.8. The van der Waals surface area contributed by atoms with Crippen molar-refractivity contribution in [3.05, 3.63) is 53.7 Å². The molecule has 3 aromatic rings. The summed E-state index contributed by atoms with van der Waals surface area (Å²) in [6.07, 6.45) is 2.23. The van der Waals surface area contributed by atoms with Crippen molar-refractivity contribution in [3.8, 4) is 11.3 Å². The largest absolute Gasteiger partial charge is 0.395 e. The summed E-state index contributed by atoms with van der Waals surface area (Å²) in [6, 6.07) is 14.7. The van der Waals surface area contributed by atoms with Gasteiger partial charge < -0.3 is 24.7 Å². The van der Waals surface area contributed by atoms with E-state index in [2.05, 4.69) is 41.4 Å². The molecule has 0 amide bonds. The fourth-order valence-electron chi connectivity index (χ4n) is 5.03. The first kappa shape index (κ1) is 18.5. The number of nitrogens with zero attached hydrogens (tertiary/aromatic N) is 1. The first-order valence-corrected chi connectivity index (χ1v) is 10.8. The van der Waals surface area contributed by atoms with Gasteiger partial charge in [0.05, 0.1) is 42.7 Å². The highest BCUT2D eigenvalue weighted by Crippen LogP contribution is 2.47. The number of hydrogen-bond acceptors (Lipinski definition) is 5. The molecule has 0 radical (unpaired) electrons. The van der Waals surface area contributed by atoms with Gasteiger partial charge in [-0.1, -0.05) is 24.3 Å². The van der Waals surface area contributed by atoms with Crippen LogP contribution in [0, 0.1) is 5.92 Å². The summed E-state index contributed by atoms with van der Waals surface area (Å²) in [5.74, 6) is 0.244. The van der Waals surface area contributed by atoms with Crippen LogP contribution < -0.4 is 0 Å². The lowest BCUT2D eigenvalue weighted by Crippen LogP contribution is -2.29. The van der Waals surface area contributed by atoms with Crippen LogP contribution in [0.25, 0.3) is 22.3 Å². The molecule has 1 saturated carbocycles. The molecule has 30 heavy (non-hydrogen) atoms. The minimum atomic E-state index is -0.509. The average molecular weight is 406 g/mol. The van der Waals surface area contributed by atoms with Crippen molar-refractivity contribution in [3.63, 3.8) is 0 Å². The van der Waals surface area contributed by atoms with Gasteiger partial charge in [0.25, 0.3) is 0 Å². The molecule has 6 nitrogen and oxygen atoms in total. The molecule has 4 heterocycles. The van der Waals surface area contributed by atoms with E-state index in [-0.39, 0.29) is 30.1 Å². The molecule has 156 valence electrons. The first-order valence-electron chi connectivity index (χ1n) is 10.8. The van der Waals surface area contributed by atoms with Crippen LogP contribution in [-0.2, 0) is 21.3 Å². The quantitative estimate of drug-likeness (QED) is 0.606. The SMILES string of the molecule is OCC1(c2ccc(-c3ccc4[nH]c(C[C@@H]5CO[C@H]6[C@@H]5OC[C@H]6O)cc4n3)cc2)CC1. The molecule has 6 rings (SSSR count). The summed E-state index contributed by atoms with van der Waals surface area (Å²) in [6.45, 7) is 1.20. The number of hydrogen-bond donors (Lipinski definition) is 3. The Hall–Kier alpha value is -2.25. The Morgan fingerprint density at radius 2 is 1.83 bits per heavy atom. The molecular weight excluding hydrogens is 380 g/mol. The number of aromatic amines is 1. The predicted molar refractivity (Wildman–Crippen MR) is 112 cm³/mol. The van der Waals surface area contributed by atoms with Gasteiger partial charge in [-0.2, -0.15) is 0 Å². The lowest BCUT2D eigenvalue weighted by atomic mass is 9.95. The number of aromatic nitrogens is 2. The van der Waals surface area contributed by atoms with E-state index >= 15 is 0 Å². The maximum absolute atomic E-state index is 9.94. The van der Waals surface area contributed by atoms with Crippen LogP contribution in [0.3, 0.4) is 0 Å². The summed E-state index contributed by atoms with van der Waals surface area (Å²) >= 11 is 0. The average Bonchev–Trinajstić information content (AvgIpc) is 3.10. The van der Waals surface area contributed by atoms with Crippen LogP contribution in [0.15, 0.2) is 42.5 Å². The maximum Gasteiger partial charge on any atom is 0.112 e. The number of fused-ring (bicyclic) bond motifs is 2. The first-order chi connectivity index (χ1) is 14.6. The van der Waals surface area contributed by atoms with Crippen molar-refractivity contribution in [2.75, 3.05) is 19.8 Å². The van der Waals surface area contributed by atoms with Gasteiger partial charge in [-0.3, -0.25) is 0 Å². The van der Waals surface area contributed by atoms with Crippen LogP contribution in [0.5, 0.6) is 0 Å². The molecule has 4 atom stereocenters. The zero-order chi connectivity index (χ0) is 20.3. The van der Waals surface area contributed by atoms with Crippen molar-refractivity contribution in [1.29, 1.82) is 0 Å². The van der Waals surface area contributed by atoms with Crippen LogP contribution in [0.2, 0.25) is 0 Å². The second-order valence-electron chi connectivity index (χ2n) is 9.07. The molecule has 2 aromatic heterocycles. The minimum Gasteiger partial charge on any atom is -0.395 e. The van der Waals surface area contributed by atoms with E-state index in [4.69, 9.17) is 14.5 Å². The standard InChI is InChI=1S/C24H26N2O4/c27-13-24(7-8-24)16-3-1-14(2-4-16)18-5-6-19-20(26-18)10-17(25-19)9-15-11-29-23-21(28)12-30-22(15)23/h1-6,10,15,21-23,25,27-28H,7-9,11-13H2/t15-,21-,22-,23-/m1/s1. The Kier molecular flexibility index (Phi) is 4.25. The number of aliphatic hydroxyl groups excluding tert-OH is 2. The van der Waals surface area contributed by atoms with Gasteiger partial charge >= 0.3 is 0 Å². The molecule has 0 spiro atoms. The Morgan fingerprint density at radius 1 is 1.03 bits per heavy atom. The van der Waals surface area contributed by atoms with E-state index in [1.165, 1.54) is 5.56 Å². The molecule has 3 N–H and O–H groups in total. The van der Waals surface area contributed by atoms with Crippen LogP contribution in [0.1, 0.15) is 24.1 Å². The normalized spacial score (nSPS) is 29.4. The van der Waals surface area contributed by atoms with Crippen molar-refractivity contribution >= 4 is 11.0 Å². The number of H-pyrrole nitrogens is 1. The number of rotatable bonds is 5. The molecule has 1 aliphatic carbocycles. The van der Waals surface area contributed by atoms with Gasteiger partial charge in [-0.05, 0) is 43.0 Å². The second-order valence-corrected chi connectivity index (χ2v) is 9.07. The minimum absolute atomic E-state index is 0.00646. The van der Waals surface area contributed by atoms with Crippen molar-refractivity contribution in [2.24, 2.45) is 5.92 Å². The molecular formula is C24H26N2O4. The van der Waals surface area contributed by atoms with Crippen LogP contribution in [-0.4, -0.2) is 58.3 Å². The highest BCUT2D eigenvalue weighted by molar-refractivity contribution is 5.79. The molecule has 6 heteroatoms. The maximum atomic E-state index is 9.94. The highest BCUT2D eigenvalue weighted by atomic mass is 16.6. The van der Waals surface area contributed by atoms with E-state index in [0.29, 0.717) is 13.2 Å². The third kappa shape index (κ3) is 2.98. The van der Waals surface area contributed by atoms with Crippen molar-refractivity contribution < 1.29 is 19.7 Å². The molecule has 0 bridgehead atoms. The molecule has 2 aliphatic heterocycles. The van der Waals surface area contributed by atoms with E-state index < -0.39 is 6.10 Å². The molecule has 1 aromatic carbocycles. The zero-order valence-electron chi connectivity index (χ0n) is 16.8. The highest BCUT2D eigenvalue weighted by Gasteiger charge is 2.47. The number of nitrogens with one attached hydrogen (secondary N) is 1. The number of benzene rings is 1. The molecule has 3 fully saturated rings. The van der Waals surface area contributed by atoms with E-state index in [1.54, 1.807) is 0 Å². The van der Waals surface area contributed by atoms with Crippen LogP contribution in [0.4, 0.5) is 0 Å². The summed E-state index contributed by atoms with van der Waals surface area (Å²) in [5, 5.41) is 19.6. The molecule has 3 aliphatic rings. The van der Waals surface area contributed by atoms with E-state index in [0.717, 1.165) is 47.2 Å². The Labute approximate surface area is 174 Å². The van der Waals surface area contributed by atoms with E-state index in [1.807, 2.05) is 6.07 Å². The Balaban J connectivity index is 1.22. The second kappa shape index (κ2) is 6.89. The van der Waals surface area contributed by atoms with Gasteiger partial charge in [0.15, 0.2) is 0 Å². The van der Waals surface area contributed by atoms with Gasteiger partial charge in [0, 0.05) is 22.6 Å². The summed E-state index contributed by atoms with van der Waals surface area (Å²) in [4.78, 5) is 8.34. The van der Waals surface area contributed by atoms with Crippen molar-refractivity contribution in [2.45, 2.75) is 43.0 Å². The smallest absolute Gasteiger partial charge is 0.112 e. The summed E-state index contributed by atoms with van der Waals surface area (Å²) in [7, 11) is 0. The van der Waals surface area contributed by atoms with E-state index in [9.17, 15) is 10.2 Å². The monoisotopic (exact) mass is 406 g/mol. The van der Waals surface area contributed by atoms with Crippen LogP contribution >= 0.6 is 0 Å². The lowest BCUT2D eigenvalue weighted by molar-refractivity contribution is 0.0169. The fraction of sp³-hybridized carbons (Fsp3) is 0.458. The third-order valence-electron chi connectivity index (χ3n) is 7.09. The number of pyridine rings is 1.